The average Bonchev–Trinajstić information content (AvgIpc) is 2.34. The van der Waals surface area contributed by atoms with E-state index in [1.807, 2.05) is 0 Å². The molecule has 0 atom stereocenters. The van der Waals surface area contributed by atoms with Crippen LogP contribution in [-0.4, -0.2) is 43.6 Å². The van der Waals surface area contributed by atoms with Crippen molar-refractivity contribution in [2.75, 3.05) is 26.3 Å². The lowest BCUT2D eigenvalue weighted by Gasteiger charge is -2.12. The Balaban J connectivity index is 3.84. The lowest BCUT2D eigenvalue weighted by Crippen LogP contribution is -2.28. The van der Waals surface area contributed by atoms with Crippen LogP contribution < -0.4 is 5.32 Å². The maximum atomic E-state index is 9.86. The molecular formula is C12H26BNO3. The van der Waals surface area contributed by atoms with Crippen molar-refractivity contribution in [3.05, 3.63) is 11.5 Å². The number of hydrogen-bond acceptors (Lipinski definition) is 4. The summed E-state index contributed by atoms with van der Waals surface area (Å²) in [6.07, 6.45) is 6.04. The molecule has 0 radical (unpaired) electrons. The fraction of sp³-hybridized carbons (Fsp3) is 0.833. The highest BCUT2D eigenvalue weighted by Gasteiger charge is 2.17. The molecule has 0 saturated heterocycles. The van der Waals surface area contributed by atoms with Crippen molar-refractivity contribution < 1.29 is 14.8 Å². The van der Waals surface area contributed by atoms with Gasteiger partial charge in [0.25, 0.3) is 0 Å². The van der Waals surface area contributed by atoms with Gasteiger partial charge in [-0.2, -0.15) is 0 Å². The van der Waals surface area contributed by atoms with Gasteiger partial charge in [-0.3, -0.25) is 0 Å². The summed E-state index contributed by atoms with van der Waals surface area (Å²) in [5, 5.41) is 21.4. The van der Waals surface area contributed by atoms with E-state index in [-0.39, 0.29) is 6.61 Å². The Morgan fingerprint density at radius 1 is 1.29 bits per heavy atom. The van der Waals surface area contributed by atoms with Crippen molar-refractivity contribution in [2.24, 2.45) is 0 Å². The fourth-order valence-electron chi connectivity index (χ4n) is 1.50. The van der Waals surface area contributed by atoms with Gasteiger partial charge in [0.1, 0.15) is 0 Å². The Hall–Kier alpha value is -0.355. The Labute approximate surface area is 105 Å². The molecular weight excluding hydrogens is 217 g/mol. The summed E-state index contributed by atoms with van der Waals surface area (Å²) in [5.41, 5.74) is 0.983. The van der Waals surface area contributed by atoms with Gasteiger partial charge in [0.2, 0.25) is 0 Å². The number of nitrogens with one attached hydrogen (secondary N) is 1. The minimum Gasteiger partial charge on any atom is -0.423 e. The van der Waals surface area contributed by atoms with E-state index in [2.05, 4.69) is 25.2 Å². The first kappa shape index (κ1) is 16.6. The molecule has 17 heavy (non-hydrogen) atoms. The minimum atomic E-state index is -0.780. The summed E-state index contributed by atoms with van der Waals surface area (Å²) in [6, 6.07) is 0. The number of unbranched alkanes of at least 4 members (excludes halogenated alkanes) is 1. The van der Waals surface area contributed by atoms with Crippen molar-refractivity contribution in [1.82, 2.24) is 5.32 Å². The standard InChI is InChI=1S/C12H26BNO3/c1-3-5-7-12(6-4-2)13(16)17-11-9-14-8-10-15/h7,14-16H,3-6,8-11H2,1-2H3/b12-7-. The zero-order valence-electron chi connectivity index (χ0n) is 11.1. The second-order valence-electron chi connectivity index (χ2n) is 4.01. The Kier molecular flexibility index (Phi) is 11.9. The molecule has 0 aromatic carbocycles. The summed E-state index contributed by atoms with van der Waals surface area (Å²) in [5.74, 6) is 0. The van der Waals surface area contributed by atoms with E-state index in [1.54, 1.807) is 0 Å². The molecule has 3 N–H and O–H groups in total. The molecule has 0 bridgehead atoms. The molecule has 5 heteroatoms. The summed E-state index contributed by atoms with van der Waals surface area (Å²) in [6.45, 7) is 5.99. The quantitative estimate of drug-likeness (QED) is 0.376. The molecule has 0 aliphatic carbocycles. The van der Waals surface area contributed by atoms with Gasteiger partial charge in [-0.05, 0) is 18.3 Å². The normalized spacial score (nSPS) is 11.9. The van der Waals surface area contributed by atoms with Crippen LogP contribution in [0.25, 0.3) is 0 Å². The first-order valence-corrected chi connectivity index (χ1v) is 6.56. The van der Waals surface area contributed by atoms with Gasteiger partial charge in [-0.15, -0.1) is 0 Å². The molecule has 0 fully saturated rings. The SMILES string of the molecule is CCC/C=C(/CCC)B(O)OCCNCCO. The van der Waals surface area contributed by atoms with Crippen LogP contribution in [-0.2, 0) is 4.65 Å². The number of rotatable bonds is 11. The molecule has 0 aromatic rings. The van der Waals surface area contributed by atoms with Crippen LogP contribution in [0, 0.1) is 0 Å². The highest BCUT2D eigenvalue weighted by molar-refractivity contribution is 6.52. The Morgan fingerprint density at radius 2 is 2.06 bits per heavy atom. The van der Waals surface area contributed by atoms with Crippen molar-refractivity contribution >= 4 is 7.12 Å². The molecule has 0 spiro atoms. The first-order chi connectivity index (χ1) is 8.26. The zero-order valence-corrected chi connectivity index (χ0v) is 11.1. The smallest absolute Gasteiger partial charge is 0.423 e. The summed E-state index contributed by atoms with van der Waals surface area (Å²) in [4.78, 5) is 0. The molecule has 4 nitrogen and oxygen atoms in total. The molecule has 0 heterocycles. The molecule has 0 unspecified atom stereocenters. The largest absolute Gasteiger partial charge is 0.486 e. The van der Waals surface area contributed by atoms with Gasteiger partial charge in [-0.1, -0.05) is 32.8 Å². The van der Waals surface area contributed by atoms with Gasteiger partial charge in [-0.25, -0.2) is 0 Å². The monoisotopic (exact) mass is 243 g/mol. The van der Waals surface area contributed by atoms with E-state index in [1.165, 1.54) is 0 Å². The van der Waals surface area contributed by atoms with E-state index in [0.717, 1.165) is 31.2 Å². The summed E-state index contributed by atoms with van der Waals surface area (Å²) < 4.78 is 5.34. The summed E-state index contributed by atoms with van der Waals surface area (Å²) in [7, 11) is -0.780. The topological polar surface area (TPSA) is 61.7 Å². The maximum Gasteiger partial charge on any atom is 0.486 e. The molecule has 0 aliphatic rings. The molecule has 0 aliphatic heterocycles. The Morgan fingerprint density at radius 3 is 2.65 bits per heavy atom. The highest BCUT2D eigenvalue weighted by atomic mass is 16.5. The van der Waals surface area contributed by atoms with Crippen LogP contribution >= 0.6 is 0 Å². The second kappa shape index (κ2) is 12.1. The molecule has 0 rings (SSSR count). The Bertz CT molecular complexity index is 200. The fourth-order valence-corrected chi connectivity index (χ4v) is 1.50. The van der Waals surface area contributed by atoms with Crippen LogP contribution in [0.2, 0.25) is 0 Å². The van der Waals surface area contributed by atoms with Crippen LogP contribution in [0.1, 0.15) is 39.5 Å². The lowest BCUT2D eigenvalue weighted by atomic mass is 9.75. The molecule has 0 aromatic heterocycles. The zero-order chi connectivity index (χ0) is 12.9. The number of aliphatic hydroxyl groups excluding tert-OH is 1. The lowest BCUT2D eigenvalue weighted by molar-refractivity contribution is 0.252. The maximum absolute atomic E-state index is 9.86. The molecule has 0 saturated carbocycles. The van der Waals surface area contributed by atoms with Crippen LogP contribution in [0.3, 0.4) is 0 Å². The predicted octanol–water partition coefficient (Wildman–Crippen LogP) is 1.13. The van der Waals surface area contributed by atoms with E-state index in [4.69, 9.17) is 9.76 Å². The van der Waals surface area contributed by atoms with E-state index >= 15 is 0 Å². The van der Waals surface area contributed by atoms with Gasteiger partial charge >= 0.3 is 7.12 Å². The van der Waals surface area contributed by atoms with Gasteiger partial charge in [0, 0.05) is 19.7 Å². The summed E-state index contributed by atoms with van der Waals surface area (Å²) >= 11 is 0. The molecule has 100 valence electrons. The van der Waals surface area contributed by atoms with Gasteiger partial charge in [0.15, 0.2) is 0 Å². The third-order valence-corrected chi connectivity index (χ3v) is 2.39. The average molecular weight is 243 g/mol. The van der Waals surface area contributed by atoms with Crippen molar-refractivity contribution in [1.29, 1.82) is 0 Å². The van der Waals surface area contributed by atoms with Crippen molar-refractivity contribution in [3.63, 3.8) is 0 Å². The van der Waals surface area contributed by atoms with Gasteiger partial charge in [0.05, 0.1) is 6.61 Å². The molecule has 0 amide bonds. The number of aliphatic hydroxyl groups is 1. The minimum absolute atomic E-state index is 0.125. The van der Waals surface area contributed by atoms with Gasteiger partial charge < -0.3 is 20.1 Å². The number of allylic oxidation sites excluding steroid dienone is 2. The third kappa shape index (κ3) is 9.36. The van der Waals surface area contributed by atoms with E-state index in [0.29, 0.717) is 19.7 Å². The van der Waals surface area contributed by atoms with Crippen molar-refractivity contribution in [2.45, 2.75) is 39.5 Å². The van der Waals surface area contributed by atoms with E-state index in [9.17, 15) is 5.02 Å². The van der Waals surface area contributed by atoms with Crippen LogP contribution in [0.15, 0.2) is 11.5 Å². The number of hydrogen-bond donors (Lipinski definition) is 3. The second-order valence-corrected chi connectivity index (χ2v) is 4.01. The highest BCUT2D eigenvalue weighted by Crippen LogP contribution is 2.10. The first-order valence-electron chi connectivity index (χ1n) is 6.56. The van der Waals surface area contributed by atoms with E-state index < -0.39 is 7.12 Å². The van der Waals surface area contributed by atoms with Crippen LogP contribution in [0.5, 0.6) is 0 Å². The van der Waals surface area contributed by atoms with Crippen LogP contribution in [0.4, 0.5) is 0 Å². The third-order valence-electron chi connectivity index (χ3n) is 2.39. The van der Waals surface area contributed by atoms with Crippen molar-refractivity contribution in [3.8, 4) is 0 Å². The predicted molar refractivity (Wildman–Crippen MR) is 71.8 cm³/mol.